The standard InChI is InChI=1S/C12H17ClN2O/c13-12-6-10(14)4-3-9(12)7-15-5-1-2-11(16)8-15/h3-4,6,11,16H,1-2,5,7-8,14H2. The minimum absolute atomic E-state index is 0.193. The van der Waals surface area contributed by atoms with Crippen LogP contribution in [0.3, 0.4) is 0 Å². The molecule has 1 aliphatic rings. The van der Waals surface area contributed by atoms with Crippen molar-refractivity contribution in [2.24, 2.45) is 0 Å². The van der Waals surface area contributed by atoms with Crippen molar-refractivity contribution in [3.63, 3.8) is 0 Å². The topological polar surface area (TPSA) is 49.5 Å². The van der Waals surface area contributed by atoms with Gasteiger partial charge in [-0.05, 0) is 37.1 Å². The number of halogens is 1. The molecular weight excluding hydrogens is 224 g/mol. The Hall–Kier alpha value is -0.770. The highest BCUT2D eigenvalue weighted by Crippen LogP contribution is 2.22. The molecule has 0 amide bonds. The van der Waals surface area contributed by atoms with Gasteiger partial charge < -0.3 is 10.8 Å². The Labute approximate surface area is 101 Å². The Kier molecular flexibility index (Phi) is 3.69. The van der Waals surface area contributed by atoms with Crippen molar-refractivity contribution in [2.45, 2.75) is 25.5 Å². The molecule has 16 heavy (non-hydrogen) atoms. The van der Waals surface area contributed by atoms with Gasteiger partial charge in [0.05, 0.1) is 6.10 Å². The number of rotatable bonds is 2. The van der Waals surface area contributed by atoms with E-state index in [1.165, 1.54) is 0 Å². The molecule has 88 valence electrons. The minimum Gasteiger partial charge on any atom is -0.399 e. The lowest BCUT2D eigenvalue weighted by Gasteiger charge is -2.30. The molecule has 0 aromatic heterocycles. The fourth-order valence-electron chi connectivity index (χ4n) is 2.11. The molecule has 3 nitrogen and oxygen atoms in total. The predicted octanol–water partition coefficient (Wildman–Crippen LogP) is 1.88. The molecule has 1 fully saturated rings. The highest BCUT2D eigenvalue weighted by Gasteiger charge is 2.18. The van der Waals surface area contributed by atoms with Crippen LogP contribution in [0.2, 0.25) is 5.02 Å². The zero-order valence-corrected chi connectivity index (χ0v) is 9.95. The van der Waals surface area contributed by atoms with E-state index >= 15 is 0 Å². The van der Waals surface area contributed by atoms with Crippen molar-refractivity contribution in [1.29, 1.82) is 0 Å². The normalized spacial score (nSPS) is 22.2. The minimum atomic E-state index is -0.193. The summed E-state index contributed by atoms with van der Waals surface area (Å²) in [6.07, 6.45) is 1.76. The van der Waals surface area contributed by atoms with Crippen LogP contribution in [-0.2, 0) is 6.54 Å². The zero-order valence-electron chi connectivity index (χ0n) is 9.19. The van der Waals surface area contributed by atoms with Crippen LogP contribution in [0.5, 0.6) is 0 Å². The van der Waals surface area contributed by atoms with E-state index in [9.17, 15) is 5.11 Å². The third kappa shape index (κ3) is 2.88. The van der Waals surface area contributed by atoms with Gasteiger partial charge >= 0.3 is 0 Å². The molecule has 3 N–H and O–H groups in total. The summed E-state index contributed by atoms with van der Waals surface area (Å²) in [5.74, 6) is 0. The molecule has 1 aliphatic heterocycles. The number of benzene rings is 1. The van der Waals surface area contributed by atoms with Gasteiger partial charge in [0.25, 0.3) is 0 Å². The maximum absolute atomic E-state index is 9.58. The first-order valence-corrected chi connectivity index (χ1v) is 5.97. The number of nitrogen functional groups attached to an aromatic ring is 1. The smallest absolute Gasteiger partial charge is 0.0667 e. The molecule has 1 saturated heterocycles. The Morgan fingerprint density at radius 1 is 1.50 bits per heavy atom. The molecule has 1 unspecified atom stereocenters. The molecule has 0 bridgehead atoms. The van der Waals surface area contributed by atoms with Crippen molar-refractivity contribution < 1.29 is 5.11 Å². The molecule has 2 rings (SSSR count). The second-order valence-electron chi connectivity index (χ2n) is 4.38. The van der Waals surface area contributed by atoms with Crippen LogP contribution in [0.25, 0.3) is 0 Å². The second kappa shape index (κ2) is 5.04. The summed E-state index contributed by atoms with van der Waals surface area (Å²) in [6, 6.07) is 5.59. The average molecular weight is 241 g/mol. The maximum atomic E-state index is 9.58. The van der Waals surface area contributed by atoms with Crippen molar-refractivity contribution in [3.8, 4) is 0 Å². The number of hydrogen-bond donors (Lipinski definition) is 2. The van der Waals surface area contributed by atoms with Crippen LogP contribution >= 0.6 is 11.6 Å². The number of aliphatic hydroxyl groups is 1. The van der Waals surface area contributed by atoms with Gasteiger partial charge in [0, 0.05) is 23.8 Å². The van der Waals surface area contributed by atoms with E-state index in [1.54, 1.807) is 6.07 Å². The highest BCUT2D eigenvalue weighted by molar-refractivity contribution is 6.31. The van der Waals surface area contributed by atoms with E-state index < -0.39 is 0 Å². The van der Waals surface area contributed by atoms with Gasteiger partial charge in [-0.25, -0.2) is 0 Å². The van der Waals surface area contributed by atoms with Crippen LogP contribution in [0, 0.1) is 0 Å². The quantitative estimate of drug-likeness (QED) is 0.776. The van der Waals surface area contributed by atoms with Gasteiger partial charge in [0.15, 0.2) is 0 Å². The Bertz CT molecular complexity index is 370. The monoisotopic (exact) mass is 240 g/mol. The zero-order chi connectivity index (χ0) is 11.5. The molecule has 1 aromatic rings. The van der Waals surface area contributed by atoms with Gasteiger partial charge in [0.1, 0.15) is 0 Å². The van der Waals surface area contributed by atoms with E-state index in [0.717, 1.165) is 38.0 Å². The summed E-state index contributed by atoms with van der Waals surface area (Å²) in [4.78, 5) is 2.23. The van der Waals surface area contributed by atoms with Crippen LogP contribution in [-0.4, -0.2) is 29.2 Å². The molecule has 0 spiro atoms. The van der Waals surface area contributed by atoms with E-state index in [2.05, 4.69) is 4.90 Å². The lowest BCUT2D eigenvalue weighted by molar-refractivity contribution is 0.0668. The summed E-state index contributed by atoms with van der Waals surface area (Å²) in [7, 11) is 0. The first-order chi connectivity index (χ1) is 7.65. The summed E-state index contributed by atoms with van der Waals surface area (Å²) >= 11 is 6.12. The van der Waals surface area contributed by atoms with Gasteiger partial charge in [-0.15, -0.1) is 0 Å². The van der Waals surface area contributed by atoms with Crippen LogP contribution in [0.1, 0.15) is 18.4 Å². The molecule has 0 saturated carbocycles. The Morgan fingerprint density at radius 3 is 3.00 bits per heavy atom. The molecule has 0 aliphatic carbocycles. The van der Waals surface area contributed by atoms with Crippen molar-refractivity contribution in [3.05, 3.63) is 28.8 Å². The summed E-state index contributed by atoms with van der Waals surface area (Å²) in [5, 5.41) is 10.3. The van der Waals surface area contributed by atoms with Gasteiger partial charge in [0.2, 0.25) is 0 Å². The third-order valence-corrected chi connectivity index (χ3v) is 3.30. The summed E-state index contributed by atoms with van der Waals surface area (Å²) in [6.45, 7) is 2.55. The molecule has 1 aromatic carbocycles. The molecule has 0 radical (unpaired) electrons. The van der Waals surface area contributed by atoms with E-state index in [1.807, 2.05) is 12.1 Å². The highest BCUT2D eigenvalue weighted by atomic mass is 35.5. The van der Waals surface area contributed by atoms with Gasteiger partial charge in [-0.3, -0.25) is 4.90 Å². The number of anilines is 1. The number of β-amino-alcohol motifs (C(OH)–C–C–N with tert-alkyl or cyclic N) is 1. The third-order valence-electron chi connectivity index (χ3n) is 2.95. The number of nitrogens with two attached hydrogens (primary N) is 1. The SMILES string of the molecule is Nc1ccc(CN2CCCC(O)C2)c(Cl)c1. The van der Waals surface area contributed by atoms with Crippen LogP contribution < -0.4 is 5.73 Å². The number of nitrogens with zero attached hydrogens (tertiary/aromatic N) is 1. The van der Waals surface area contributed by atoms with Crippen molar-refractivity contribution in [1.82, 2.24) is 4.90 Å². The Balaban J connectivity index is 2.02. The first kappa shape index (κ1) is 11.7. The number of piperidine rings is 1. The predicted molar refractivity (Wildman–Crippen MR) is 66.4 cm³/mol. The van der Waals surface area contributed by atoms with Gasteiger partial charge in [-0.1, -0.05) is 17.7 Å². The molecular formula is C12H17ClN2O. The first-order valence-electron chi connectivity index (χ1n) is 5.59. The van der Waals surface area contributed by atoms with Crippen molar-refractivity contribution in [2.75, 3.05) is 18.8 Å². The Morgan fingerprint density at radius 2 is 2.31 bits per heavy atom. The molecule has 1 heterocycles. The van der Waals surface area contributed by atoms with E-state index in [0.29, 0.717) is 10.7 Å². The average Bonchev–Trinajstić information content (AvgIpc) is 2.22. The van der Waals surface area contributed by atoms with Crippen LogP contribution in [0.4, 0.5) is 5.69 Å². The number of hydrogen-bond acceptors (Lipinski definition) is 3. The lowest BCUT2D eigenvalue weighted by Crippen LogP contribution is -2.37. The van der Waals surface area contributed by atoms with E-state index in [-0.39, 0.29) is 6.10 Å². The number of aliphatic hydroxyl groups excluding tert-OH is 1. The largest absolute Gasteiger partial charge is 0.399 e. The lowest BCUT2D eigenvalue weighted by atomic mass is 10.1. The van der Waals surface area contributed by atoms with Gasteiger partial charge in [-0.2, -0.15) is 0 Å². The van der Waals surface area contributed by atoms with Crippen molar-refractivity contribution >= 4 is 17.3 Å². The fraction of sp³-hybridized carbons (Fsp3) is 0.500. The van der Waals surface area contributed by atoms with Crippen LogP contribution in [0.15, 0.2) is 18.2 Å². The fourth-order valence-corrected chi connectivity index (χ4v) is 2.36. The van der Waals surface area contributed by atoms with E-state index in [4.69, 9.17) is 17.3 Å². The maximum Gasteiger partial charge on any atom is 0.0667 e. The number of likely N-dealkylation sites (tertiary alicyclic amines) is 1. The second-order valence-corrected chi connectivity index (χ2v) is 4.79. The summed E-state index contributed by atoms with van der Waals surface area (Å²) in [5.41, 5.74) is 7.41. The molecule has 1 atom stereocenters. The molecule has 4 heteroatoms. The summed E-state index contributed by atoms with van der Waals surface area (Å²) < 4.78 is 0.